The van der Waals surface area contributed by atoms with Crippen LogP contribution in [0.4, 0.5) is 11.6 Å². The van der Waals surface area contributed by atoms with Crippen molar-refractivity contribution in [3.63, 3.8) is 0 Å². The summed E-state index contributed by atoms with van der Waals surface area (Å²) in [7, 11) is 2.28. The Morgan fingerprint density at radius 1 is 1.28 bits per heavy atom. The molecule has 0 aliphatic carbocycles. The van der Waals surface area contributed by atoms with E-state index in [1.165, 1.54) is 25.7 Å². The van der Waals surface area contributed by atoms with Gasteiger partial charge in [0.05, 0.1) is 0 Å². The smallest absolute Gasteiger partial charge is 0.148 e. The van der Waals surface area contributed by atoms with E-state index < -0.39 is 0 Å². The lowest BCUT2D eigenvalue weighted by atomic mass is 9.91. The zero-order valence-electron chi connectivity index (χ0n) is 10.8. The summed E-state index contributed by atoms with van der Waals surface area (Å²) < 4.78 is 0. The quantitative estimate of drug-likeness (QED) is 0.844. The number of aromatic nitrogens is 2. The molecule has 2 bridgehead atoms. The molecule has 2 fully saturated rings. The van der Waals surface area contributed by atoms with Gasteiger partial charge in [0, 0.05) is 18.6 Å². The Morgan fingerprint density at radius 3 is 2.61 bits per heavy atom. The van der Waals surface area contributed by atoms with Crippen LogP contribution in [0.2, 0.25) is 0 Å². The number of piperidine rings is 1. The highest BCUT2D eigenvalue weighted by Gasteiger charge is 2.38. The molecule has 0 radical (unpaired) electrons. The Kier molecular flexibility index (Phi) is 3.07. The Morgan fingerprint density at radius 2 is 2.00 bits per heavy atom. The molecule has 2 unspecified atom stereocenters. The van der Waals surface area contributed by atoms with E-state index in [2.05, 4.69) is 27.5 Å². The van der Waals surface area contributed by atoms with Crippen molar-refractivity contribution in [1.82, 2.24) is 15.1 Å². The van der Waals surface area contributed by atoms with Crippen molar-refractivity contribution in [2.24, 2.45) is 5.92 Å². The number of rotatable bonds is 3. The molecule has 5 nitrogen and oxygen atoms in total. The van der Waals surface area contributed by atoms with Gasteiger partial charge in [0.1, 0.15) is 11.6 Å². The first-order valence-corrected chi connectivity index (χ1v) is 6.77. The lowest BCUT2D eigenvalue weighted by Gasteiger charge is -2.36. The number of nitrogens with one attached hydrogen (secondary N) is 1. The Balaban J connectivity index is 1.54. The summed E-state index contributed by atoms with van der Waals surface area (Å²) in [5.41, 5.74) is 5.52. The van der Waals surface area contributed by atoms with Crippen LogP contribution in [-0.4, -0.2) is 40.8 Å². The maximum Gasteiger partial charge on any atom is 0.148 e. The van der Waals surface area contributed by atoms with E-state index in [0.717, 1.165) is 30.4 Å². The monoisotopic (exact) mass is 247 g/mol. The average molecular weight is 247 g/mol. The number of nitrogens with two attached hydrogens (primary N) is 1. The van der Waals surface area contributed by atoms with Crippen LogP contribution in [-0.2, 0) is 0 Å². The summed E-state index contributed by atoms with van der Waals surface area (Å²) in [5.74, 6) is 2.06. The van der Waals surface area contributed by atoms with Crippen LogP contribution < -0.4 is 11.1 Å². The number of nitrogen functional groups attached to an aromatic ring is 1. The van der Waals surface area contributed by atoms with Crippen molar-refractivity contribution >= 4 is 11.6 Å². The fourth-order valence-electron chi connectivity index (χ4n) is 3.38. The van der Waals surface area contributed by atoms with Gasteiger partial charge in [-0.3, -0.25) is 0 Å². The first kappa shape index (κ1) is 11.7. The van der Waals surface area contributed by atoms with Crippen LogP contribution in [0.15, 0.2) is 12.1 Å². The molecule has 3 heterocycles. The number of hydrogen-bond acceptors (Lipinski definition) is 5. The molecule has 3 N–H and O–H groups in total. The second-order valence-corrected chi connectivity index (χ2v) is 5.61. The zero-order valence-corrected chi connectivity index (χ0v) is 10.8. The average Bonchev–Trinajstić information content (AvgIpc) is 2.62. The van der Waals surface area contributed by atoms with Gasteiger partial charge in [-0.25, -0.2) is 0 Å². The standard InChI is InChI=1S/C13H21N5/c1-18-10-2-3-11(18)7-9(6-10)8-15-13-5-4-12(14)16-17-13/h4-5,9-11H,2-3,6-8H2,1H3,(H2,14,16)(H,15,17). The summed E-state index contributed by atoms with van der Waals surface area (Å²) in [5, 5.41) is 11.3. The third-order valence-corrected chi connectivity index (χ3v) is 4.45. The molecule has 18 heavy (non-hydrogen) atoms. The van der Waals surface area contributed by atoms with E-state index in [9.17, 15) is 0 Å². The number of hydrogen-bond donors (Lipinski definition) is 2. The van der Waals surface area contributed by atoms with Gasteiger partial charge in [0.2, 0.25) is 0 Å². The van der Waals surface area contributed by atoms with E-state index in [4.69, 9.17) is 5.73 Å². The van der Waals surface area contributed by atoms with Gasteiger partial charge in [-0.2, -0.15) is 0 Å². The Hall–Kier alpha value is -1.36. The van der Waals surface area contributed by atoms with Crippen LogP contribution in [0.5, 0.6) is 0 Å². The molecule has 0 amide bonds. The van der Waals surface area contributed by atoms with Crippen LogP contribution in [0.3, 0.4) is 0 Å². The third kappa shape index (κ3) is 2.27. The molecule has 2 aliphatic rings. The van der Waals surface area contributed by atoms with Crippen molar-refractivity contribution in [3.8, 4) is 0 Å². The number of fused-ring (bicyclic) bond motifs is 2. The normalized spacial score (nSPS) is 31.5. The summed E-state index contributed by atoms with van der Waals surface area (Å²) in [6, 6.07) is 5.28. The van der Waals surface area contributed by atoms with Crippen LogP contribution in [0, 0.1) is 5.92 Å². The molecule has 5 heteroatoms. The van der Waals surface area contributed by atoms with E-state index >= 15 is 0 Å². The summed E-state index contributed by atoms with van der Waals surface area (Å²) in [6.45, 7) is 0.999. The van der Waals surface area contributed by atoms with E-state index in [-0.39, 0.29) is 0 Å². The largest absolute Gasteiger partial charge is 0.382 e. The number of nitrogens with zero attached hydrogens (tertiary/aromatic N) is 3. The van der Waals surface area contributed by atoms with E-state index in [1.807, 2.05) is 6.07 Å². The highest BCUT2D eigenvalue weighted by atomic mass is 15.2. The second-order valence-electron chi connectivity index (χ2n) is 5.61. The van der Waals surface area contributed by atoms with Gasteiger partial charge < -0.3 is 16.0 Å². The molecule has 1 aromatic heterocycles. The molecule has 98 valence electrons. The van der Waals surface area contributed by atoms with Gasteiger partial charge in [0.15, 0.2) is 0 Å². The molecular formula is C13H21N5. The summed E-state index contributed by atoms with van der Waals surface area (Å²) in [6.07, 6.45) is 5.36. The second kappa shape index (κ2) is 4.72. The van der Waals surface area contributed by atoms with Gasteiger partial charge in [0.25, 0.3) is 0 Å². The fourth-order valence-corrected chi connectivity index (χ4v) is 3.38. The van der Waals surface area contributed by atoms with Crippen molar-refractivity contribution in [1.29, 1.82) is 0 Å². The van der Waals surface area contributed by atoms with Crippen LogP contribution >= 0.6 is 0 Å². The molecule has 3 rings (SSSR count). The molecule has 0 saturated carbocycles. The third-order valence-electron chi connectivity index (χ3n) is 4.45. The van der Waals surface area contributed by atoms with Gasteiger partial charge in [-0.1, -0.05) is 0 Å². The first-order valence-electron chi connectivity index (χ1n) is 6.77. The van der Waals surface area contributed by atoms with E-state index in [1.54, 1.807) is 6.07 Å². The van der Waals surface area contributed by atoms with Gasteiger partial charge in [-0.05, 0) is 50.8 Å². The predicted molar refractivity (Wildman–Crippen MR) is 72.2 cm³/mol. The SMILES string of the molecule is CN1C2CCC1CC(CNc1ccc(N)nn1)C2. The lowest BCUT2D eigenvalue weighted by molar-refractivity contribution is 0.139. The Bertz CT molecular complexity index is 390. The van der Waals surface area contributed by atoms with Crippen molar-refractivity contribution in [3.05, 3.63) is 12.1 Å². The first-order chi connectivity index (χ1) is 8.72. The highest BCUT2D eigenvalue weighted by Crippen LogP contribution is 2.37. The fraction of sp³-hybridized carbons (Fsp3) is 0.692. The minimum absolute atomic E-state index is 0.470. The van der Waals surface area contributed by atoms with Crippen molar-refractivity contribution in [2.45, 2.75) is 37.8 Å². The van der Waals surface area contributed by atoms with E-state index in [0.29, 0.717) is 5.82 Å². The van der Waals surface area contributed by atoms with Gasteiger partial charge >= 0.3 is 0 Å². The molecule has 2 atom stereocenters. The zero-order chi connectivity index (χ0) is 12.5. The molecular weight excluding hydrogens is 226 g/mol. The maximum atomic E-state index is 5.52. The summed E-state index contributed by atoms with van der Waals surface area (Å²) >= 11 is 0. The molecule has 2 aliphatic heterocycles. The van der Waals surface area contributed by atoms with Gasteiger partial charge in [-0.15, -0.1) is 10.2 Å². The van der Waals surface area contributed by atoms with Crippen LogP contribution in [0.1, 0.15) is 25.7 Å². The Labute approximate surface area is 108 Å². The van der Waals surface area contributed by atoms with Crippen LogP contribution in [0.25, 0.3) is 0 Å². The summed E-state index contributed by atoms with van der Waals surface area (Å²) in [4.78, 5) is 2.57. The minimum Gasteiger partial charge on any atom is -0.382 e. The van der Waals surface area contributed by atoms with Crippen molar-refractivity contribution < 1.29 is 0 Å². The molecule has 1 aromatic rings. The van der Waals surface area contributed by atoms with Crippen molar-refractivity contribution in [2.75, 3.05) is 24.6 Å². The topological polar surface area (TPSA) is 67.1 Å². The molecule has 0 spiro atoms. The minimum atomic E-state index is 0.470. The lowest BCUT2D eigenvalue weighted by Crippen LogP contribution is -2.41. The molecule has 0 aromatic carbocycles. The number of anilines is 2. The molecule has 2 saturated heterocycles. The maximum absolute atomic E-state index is 5.52. The highest BCUT2D eigenvalue weighted by molar-refractivity contribution is 5.38. The predicted octanol–water partition coefficient (Wildman–Crippen LogP) is 1.34.